The second kappa shape index (κ2) is 57.7. The van der Waals surface area contributed by atoms with Gasteiger partial charge in [-0.3, -0.25) is 9.59 Å². The summed E-state index contributed by atoms with van der Waals surface area (Å²) in [7, 11) is 0. The SMILES string of the molecule is CC\C=C/C=C/C=C/C=C\C=C\C=C\CCCCC(O)C(=O)NC(COC1OC(CO)C(O)C(O)C1OC(=O)CCCCCCCCCC/C=C\C/C=C\C/C=C\C/C=C\C/C=C\C/C=C\CC)C(O)/C=C/CCCCCCCCCCC. The first-order chi connectivity index (χ1) is 40.7. The first-order valence-corrected chi connectivity index (χ1v) is 32.3. The number of nitrogens with one attached hydrogen (secondary N) is 1. The number of amides is 1. The monoisotopic (exact) mass is 1150 g/mol. The lowest BCUT2D eigenvalue weighted by Gasteiger charge is -2.41. The molecule has 1 saturated heterocycles. The molecule has 0 aliphatic carbocycles. The number of hydrogen-bond acceptors (Lipinski definition) is 10. The van der Waals surface area contributed by atoms with E-state index in [1.807, 2.05) is 72.9 Å². The van der Waals surface area contributed by atoms with Gasteiger partial charge in [0.05, 0.1) is 25.4 Å². The Hall–Kier alpha value is -4.72. The molecule has 8 atom stereocenters. The minimum absolute atomic E-state index is 0.0969. The van der Waals surface area contributed by atoms with E-state index in [0.29, 0.717) is 12.8 Å². The quantitative estimate of drug-likeness (QED) is 0.0149. The molecular formula is C72H115NO10. The van der Waals surface area contributed by atoms with E-state index < -0.39 is 67.4 Å². The molecule has 0 radical (unpaired) electrons. The number of carbonyl (C=O) groups is 2. The number of rotatable bonds is 52. The van der Waals surface area contributed by atoms with Gasteiger partial charge in [0.1, 0.15) is 24.4 Å². The van der Waals surface area contributed by atoms with E-state index in [1.165, 1.54) is 57.8 Å². The Balaban J connectivity index is 2.63. The van der Waals surface area contributed by atoms with E-state index in [0.717, 1.165) is 116 Å². The van der Waals surface area contributed by atoms with Crippen molar-refractivity contribution in [1.82, 2.24) is 5.32 Å². The van der Waals surface area contributed by atoms with Crippen molar-refractivity contribution in [2.45, 2.75) is 269 Å². The molecule has 11 heteroatoms. The van der Waals surface area contributed by atoms with Gasteiger partial charge in [0.2, 0.25) is 5.91 Å². The number of hydrogen-bond donors (Lipinski definition) is 6. The molecule has 1 aliphatic rings. The Bertz CT molecular complexity index is 1950. The van der Waals surface area contributed by atoms with Gasteiger partial charge in [-0.15, -0.1) is 0 Å². The van der Waals surface area contributed by atoms with Gasteiger partial charge in [0.25, 0.3) is 0 Å². The summed E-state index contributed by atoms with van der Waals surface area (Å²) in [5.41, 5.74) is 0. The predicted molar refractivity (Wildman–Crippen MR) is 347 cm³/mol. The fourth-order valence-electron chi connectivity index (χ4n) is 9.04. The van der Waals surface area contributed by atoms with Crippen LogP contribution < -0.4 is 5.32 Å². The lowest BCUT2D eigenvalue weighted by molar-refractivity contribution is -0.305. The number of ether oxygens (including phenoxy) is 3. The Kier molecular flexibility index (Phi) is 53.0. The molecule has 0 spiro atoms. The summed E-state index contributed by atoms with van der Waals surface area (Å²) >= 11 is 0. The average Bonchev–Trinajstić information content (AvgIpc) is 3.52. The van der Waals surface area contributed by atoms with E-state index in [9.17, 15) is 35.1 Å². The molecule has 1 fully saturated rings. The first kappa shape index (κ1) is 76.3. The normalized spacial score (nSPS) is 19.6. The zero-order valence-corrected chi connectivity index (χ0v) is 51.7. The smallest absolute Gasteiger partial charge is 0.306 e. The van der Waals surface area contributed by atoms with Crippen LogP contribution in [0, 0.1) is 0 Å². The van der Waals surface area contributed by atoms with Gasteiger partial charge in [-0.1, -0.05) is 275 Å². The van der Waals surface area contributed by atoms with Crippen molar-refractivity contribution >= 4 is 11.9 Å². The van der Waals surface area contributed by atoms with Gasteiger partial charge in [0, 0.05) is 6.42 Å². The Morgan fingerprint density at radius 2 is 0.928 bits per heavy atom. The number of aliphatic hydroxyl groups excluding tert-OH is 5. The zero-order chi connectivity index (χ0) is 60.3. The lowest BCUT2D eigenvalue weighted by Crippen LogP contribution is -2.61. The van der Waals surface area contributed by atoms with E-state index in [4.69, 9.17) is 14.2 Å². The van der Waals surface area contributed by atoms with Crippen molar-refractivity contribution in [2.24, 2.45) is 0 Å². The lowest BCUT2D eigenvalue weighted by atomic mass is 9.99. The number of unbranched alkanes of at least 4 members (excludes halogenated alkanes) is 19. The highest BCUT2D eigenvalue weighted by atomic mass is 16.7. The van der Waals surface area contributed by atoms with Crippen LogP contribution in [0.2, 0.25) is 0 Å². The molecule has 0 aromatic heterocycles. The Morgan fingerprint density at radius 1 is 0.494 bits per heavy atom. The highest BCUT2D eigenvalue weighted by Gasteiger charge is 2.47. The number of esters is 1. The van der Waals surface area contributed by atoms with Crippen LogP contribution in [-0.2, 0) is 23.8 Å². The van der Waals surface area contributed by atoms with Crippen LogP contribution in [0.5, 0.6) is 0 Å². The summed E-state index contributed by atoms with van der Waals surface area (Å²) in [5.74, 6) is -1.26. The van der Waals surface area contributed by atoms with Gasteiger partial charge in [-0.2, -0.15) is 0 Å². The fraction of sp³-hybridized carbons (Fsp3) is 0.611. The van der Waals surface area contributed by atoms with Crippen LogP contribution in [0.1, 0.15) is 220 Å². The van der Waals surface area contributed by atoms with Gasteiger partial charge in [-0.25, -0.2) is 0 Å². The molecule has 11 nitrogen and oxygen atoms in total. The molecular weight excluding hydrogens is 1040 g/mol. The molecule has 1 aliphatic heterocycles. The van der Waals surface area contributed by atoms with Gasteiger partial charge in [-0.05, 0) is 96.3 Å². The molecule has 0 bridgehead atoms. The largest absolute Gasteiger partial charge is 0.454 e. The topological polar surface area (TPSA) is 175 Å². The molecule has 1 amide bonds. The van der Waals surface area contributed by atoms with E-state index in [2.05, 4.69) is 105 Å². The molecule has 83 heavy (non-hydrogen) atoms. The highest BCUT2D eigenvalue weighted by Crippen LogP contribution is 2.26. The van der Waals surface area contributed by atoms with Crippen LogP contribution in [0.4, 0.5) is 0 Å². The minimum Gasteiger partial charge on any atom is -0.454 e. The first-order valence-electron chi connectivity index (χ1n) is 32.3. The summed E-state index contributed by atoms with van der Waals surface area (Å²) in [6.07, 6.45) is 74.2. The third-order valence-electron chi connectivity index (χ3n) is 14.1. The third kappa shape index (κ3) is 45.3. The predicted octanol–water partition coefficient (Wildman–Crippen LogP) is 15.9. The van der Waals surface area contributed by atoms with Crippen LogP contribution >= 0.6 is 0 Å². The number of carbonyl (C=O) groups excluding carboxylic acids is 2. The molecule has 8 unspecified atom stereocenters. The molecule has 468 valence electrons. The van der Waals surface area contributed by atoms with Crippen molar-refractivity contribution in [3.8, 4) is 0 Å². The molecule has 1 heterocycles. The van der Waals surface area contributed by atoms with Crippen LogP contribution in [0.25, 0.3) is 0 Å². The molecule has 0 saturated carbocycles. The standard InChI is InChI=1S/C72H115NO10/c1-4-7-10-13-16-19-22-24-26-28-29-30-31-32-33-34-35-36-37-38-40-42-45-48-51-54-57-60-67(77)83-70-69(79)68(78)66(61-74)82-72(70)81-62-63(64(75)58-55-52-49-46-43-21-18-15-12-9-6-3)73-71(80)65(76)59-56-53-50-47-44-41-39-27-25-23-20-17-14-11-8-5-2/h7-8,10-11,14,16-17,19-20,23-27,29-30,32-33,35-36,39,41,44,47,55,58,63-66,68-70,72,74-76,78-79H,4-6,9,12-13,15,18,21-22,28,31,34,37-38,40,42-43,45-46,48-54,56-57,59-62H2,1-3H3,(H,73,80)/b10-7-,11-8-,17-14+,19-16-,23-20+,26-24-,27-25-,30-29-,33-32-,36-35-,41-39+,47-44+,58-55+. The van der Waals surface area contributed by atoms with Crippen LogP contribution in [0.15, 0.2) is 158 Å². The maximum absolute atomic E-state index is 13.4. The summed E-state index contributed by atoms with van der Waals surface area (Å²) in [5, 5.41) is 57.0. The Labute approximate surface area is 504 Å². The van der Waals surface area contributed by atoms with Crippen molar-refractivity contribution in [3.05, 3.63) is 158 Å². The van der Waals surface area contributed by atoms with Crippen molar-refractivity contribution in [2.75, 3.05) is 13.2 Å². The van der Waals surface area contributed by atoms with Crippen molar-refractivity contribution < 1.29 is 49.3 Å². The van der Waals surface area contributed by atoms with Crippen molar-refractivity contribution in [3.63, 3.8) is 0 Å². The summed E-state index contributed by atoms with van der Waals surface area (Å²) in [4.78, 5) is 26.6. The van der Waals surface area contributed by atoms with Gasteiger partial charge >= 0.3 is 5.97 Å². The molecule has 6 N–H and O–H groups in total. The summed E-state index contributed by atoms with van der Waals surface area (Å²) < 4.78 is 17.6. The maximum atomic E-state index is 13.4. The zero-order valence-electron chi connectivity index (χ0n) is 51.7. The van der Waals surface area contributed by atoms with Crippen LogP contribution in [-0.4, -0.2) is 99.6 Å². The van der Waals surface area contributed by atoms with E-state index in [-0.39, 0.29) is 19.4 Å². The highest BCUT2D eigenvalue weighted by molar-refractivity contribution is 5.80. The van der Waals surface area contributed by atoms with Crippen LogP contribution in [0.3, 0.4) is 0 Å². The van der Waals surface area contributed by atoms with E-state index in [1.54, 1.807) is 6.08 Å². The van der Waals surface area contributed by atoms with Gasteiger partial charge in [0.15, 0.2) is 12.4 Å². The Morgan fingerprint density at radius 3 is 1.45 bits per heavy atom. The van der Waals surface area contributed by atoms with Gasteiger partial charge < -0.3 is 45.1 Å². The fourth-order valence-corrected chi connectivity index (χ4v) is 9.04. The van der Waals surface area contributed by atoms with E-state index >= 15 is 0 Å². The summed E-state index contributed by atoms with van der Waals surface area (Å²) in [6, 6.07) is -1.06. The minimum atomic E-state index is -1.64. The molecule has 1 rings (SSSR count). The van der Waals surface area contributed by atoms with Crippen molar-refractivity contribution in [1.29, 1.82) is 0 Å². The number of allylic oxidation sites excluding steroid dienone is 25. The third-order valence-corrected chi connectivity index (χ3v) is 14.1. The second-order valence-electron chi connectivity index (χ2n) is 21.5. The molecule has 0 aromatic rings. The average molecular weight is 1150 g/mol. The summed E-state index contributed by atoms with van der Waals surface area (Å²) in [6.45, 7) is 5.47. The second-order valence-corrected chi connectivity index (χ2v) is 21.5. The molecule has 0 aromatic carbocycles. The number of aliphatic hydroxyl groups is 5. The maximum Gasteiger partial charge on any atom is 0.306 e.